The minimum atomic E-state index is -1.64. The highest BCUT2D eigenvalue weighted by Gasteiger charge is 2.67. The third-order valence-electron chi connectivity index (χ3n) is 8.49. The number of benzene rings is 3. The maximum atomic E-state index is 14.5. The van der Waals surface area contributed by atoms with Crippen LogP contribution < -0.4 is 17.0 Å². The van der Waals surface area contributed by atoms with Gasteiger partial charge in [-0.15, -0.1) is 0 Å². The Morgan fingerprint density at radius 1 is 1.05 bits per heavy atom. The maximum Gasteiger partial charge on any atom is 0.280 e. The molecule has 3 aromatic carbocycles. The van der Waals surface area contributed by atoms with E-state index in [0.29, 0.717) is 5.69 Å². The predicted octanol–water partition coefficient (Wildman–Crippen LogP) is 3.59. The summed E-state index contributed by atoms with van der Waals surface area (Å²) in [6, 6.07) is 27.0. The first kappa shape index (κ1) is 28.3. The van der Waals surface area contributed by atoms with Gasteiger partial charge in [0.25, 0.3) is 5.56 Å². The number of carbonyl (C=O) groups excluding carboxylic acids is 1. The number of hydrogen-bond acceptors (Lipinski definition) is 8. The number of nitrogen functional groups attached to an aromatic ring is 2. The van der Waals surface area contributed by atoms with Gasteiger partial charge in [0.2, 0.25) is 5.95 Å². The molecule has 0 radical (unpaired) electrons. The number of nitrogens with zero attached hydrogens (tertiary/aromatic N) is 3. The van der Waals surface area contributed by atoms with Gasteiger partial charge in [-0.25, -0.2) is 4.98 Å². The SMILES string of the molecule is CC(C)C(=O)[C@@H]1C[C@@H](CO)O[C@]1(n1cnc2c(=O)[nH]c(N)nc21)C(c1ccccc1)(c1ccccc1)c1cccc(N)c1. The van der Waals surface area contributed by atoms with Gasteiger partial charge >= 0.3 is 0 Å². The molecular weight excluding hydrogens is 544 g/mol. The zero-order chi connectivity index (χ0) is 30.4. The second kappa shape index (κ2) is 10.8. The van der Waals surface area contributed by atoms with Crippen LogP contribution in [0.25, 0.3) is 11.2 Å². The summed E-state index contributed by atoms with van der Waals surface area (Å²) in [4.78, 5) is 39.0. The van der Waals surface area contributed by atoms with E-state index in [1.165, 1.54) is 6.33 Å². The number of aliphatic hydroxyl groups is 1. The number of Topliss-reactive ketones (excluding diaryl/α,β-unsaturated/α-hetero) is 1. The van der Waals surface area contributed by atoms with E-state index in [2.05, 4.69) is 15.0 Å². The fraction of sp³-hybridized carbons (Fsp3) is 0.273. The number of aromatic amines is 1. The van der Waals surface area contributed by atoms with E-state index < -0.39 is 28.7 Å². The average molecular weight is 579 g/mol. The monoisotopic (exact) mass is 578 g/mol. The average Bonchev–Trinajstić information content (AvgIpc) is 3.61. The van der Waals surface area contributed by atoms with Crippen molar-refractivity contribution < 1.29 is 14.6 Å². The van der Waals surface area contributed by atoms with Crippen molar-refractivity contribution in [1.82, 2.24) is 19.5 Å². The second-order valence-electron chi connectivity index (χ2n) is 11.3. The van der Waals surface area contributed by atoms with Crippen LogP contribution in [0.5, 0.6) is 0 Å². The number of H-pyrrole nitrogens is 1. The van der Waals surface area contributed by atoms with Gasteiger partial charge in [0.05, 0.1) is 30.4 Å². The van der Waals surface area contributed by atoms with E-state index in [1.807, 2.05) is 92.7 Å². The number of nitrogens with two attached hydrogens (primary N) is 2. The number of ether oxygens (including phenoxy) is 1. The highest BCUT2D eigenvalue weighted by molar-refractivity contribution is 5.85. The van der Waals surface area contributed by atoms with Crippen molar-refractivity contribution in [2.75, 3.05) is 18.1 Å². The number of imidazole rings is 1. The number of nitrogens with one attached hydrogen (secondary N) is 1. The highest BCUT2D eigenvalue weighted by atomic mass is 16.5. The number of carbonyl (C=O) groups is 1. The van der Waals surface area contributed by atoms with Crippen LogP contribution in [0.4, 0.5) is 11.6 Å². The number of fused-ring (bicyclic) bond motifs is 1. The number of anilines is 2. The Labute approximate surface area is 248 Å². The maximum absolute atomic E-state index is 14.5. The van der Waals surface area contributed by atoms with Gasteiger partial charge in [-0.3, -0.25) is 19.1 Å². The lowest BCUT2D eigenvalue weighted by molar-refractivity contribution is -0.168. The fourth-order valence-electron chi connectivity index (χ4n) is 6.82. The van der Waals surface area contributed by atoms with E-state index in [9.17, 15) is 14.7 Å². The summed E-state index contributed by atoms with van der Waals surface area (Å²) in [5.41, 5.74) is 12.1. The predicted molar refractivity (Wildman–Crippen MR) is 164 cm³/mol. The lowest BCUT2D eigenvalue weighted by atomic mass is 9.58. The minimum absolute atomic E-state index is 0.0444. The molecule has 10 nitrogen and oxygen atoms in total. The van der Waals surface area contributed by atoms with Gasteiger partial charge in [0, 0.05) is 11.6 Å². The molecule has 2 aromatic heterocycles. The zero-order valence-corrected chi connectivity index (χ0v) is 24.0. The fourth-order valence-corrected chi connectivity index (χ4v) is 6.82. The smallest absolute Gasteiger partial charge is 0.280 e. The van der Waals surface area contributed by atoms with Crippen LogP contribution in [0, 0.1) is 11.8 Å². The first-order valence-electron chi connectivity index (χ1n) is 14.3. The molecule has 0 unspecified atom stereocenters. The van der Waals surface area contributed by atoms with Gasteiger partial charge in [0.15, 0.2) is 16.9 Å². The zero-order valence-electron chi connectivity index (χ0n) is 24.0. The third kappa shape index (κ3) is 4.25. The van der Waals surface area contributed by atoms with Crippen molar-refractivity contribution in [2.24, 2.45) is 11.8 Å². The summed E-state index contributed by atoms with van der Waals surface area (Å²) >= 11 is 0. The lowest BCUT2D eigenvalue weighted by Crippen LogP contribution is -2.60. The summed E-state index contributed by atoms with van der Waals surface area (Å²) in [6.07, 6.45) is 0.979. The van der Waals surface area contributed by atoms with E-state index in [0.717, 1.165) is 16.7 Å². The molecule has 5 aromatic rings. The Balaban J connectivity index is 1.90. The molecular formula is C33H34N6O4. The first-order valence-corrected chi connectivity index (χ1v) is 14.3. The summed E-state index contributed by atoms with van der Waals surface area (Å²) < 4.78 is 8.78. The number of ketones is 1. The van der Waals surface area contributed by atoms with Crippen LogP contribution >= 0.6 is 0 Å². The summed E-state index contributed by atoms with van der Waals surface area (Å²) in [6.45, 7) is 3.36. The molecule has 1 saturated heterocycles. The Morgan fingerprint density at radius 3 is 2.26 bits per heavy atom. The number of aliphatic hydroxyl groups excluding tert-OH is 1. The van der Waals surface area contributed by atoms with Gasteiger partial charge in [-0.1, -0.05) is 86.6 Å². The molecule has 43 heavy (non-hydrogen) atoms. The highest BCUT2D eigenvalue weighted by Crippen LogP contribution is 2.60. The Hall–Kier alpha value is -4.80. The molecule has 1 aliphatic heterocycles. The summed E-state index contributed by atoms with van der Waals surface area (Å²) in [5, 5.41) is 10.6. The largest absolute Gasteiger partial charge is 0.399 e. The summed E-state index contributed by atoms with van der Waals surface area (Å²) in [5.74, 6) is -1.39. The van der Waals surface area contributed by atoms with Gasteiger partial charge in [-0.2, -0.15) is 4.98 Å². The molecule has 0 saturated carbocycles. The van der Waals surface area contributed by atoms with Crippen molar-refractivity contribution in [1.29, 1.82) is 0 Å². The third-order valence-corrected chi connectivity index (χ3v) is 8.49. The van der Waals surface area contributed by atoms with E-state index >= 15 is 0 Å². The van der Waals surface area contributed by atoms with Crippen molar-refractivity contribution >= 4 is 28.6 Å². The molecule has 1 aliphatic rings. The standard InChI is InChI=1S/C33H34N6O4/c1-20(2)28(41)26-17-25(18-40)43-33(26,39-19-36-27-29(39)37-31(35)38-30(27)42)32(21-10-5-3-6-11-21,22-12-7-4-8-13-22)23-14-9-15-24(34)16-23/h3-16,19-20,25-26,40H,17-18,34H2,1-2H3,(H3,35,37,38,42)/t25-,26-,33-/m0/s1. The van der Waals surface area contributed by atoms with Crippen molar-refractivity contribution in [3.05, 3.63) is 118 Å². The molecule has 0 bridgehead atoms. The number of hydrogen-bond donors (Lipinski definition) is 4. The first-order chi connectivity index (χ1) is 20.7. The lowest BCUT2D eigenvalue weighted by Gasteiger charge is -2.52. The molecule has 3 heterocycles. The molecule has 10 heteroatoms. The van der Waals surface area contributed by atoms with Crippen LogP contribution in [0.15, 0.2) is 96.1 Å². The molecule has 0 spiro atoms. The topological polar surface area (TPSA) is 162 Å². The van der Waals surface area contributed by atoms with Crippen LogP contribution in [0.1, 0.15) is 37.0 Å². The molecule has 0 amide bonds. The van der Waals surface area contributed by atoms with Crippen LogP contribution in [-0.2, 0) is 20.7 Å². The molecule has 220 valence electrons. The molecule has 3 atom stereocenters. The molecule has 1 fully saturated rings. The van der Waals surface area contributed by atoms with E-state index in [4.69, 9.17) is 16.2 Å². The van der Waals surface area contributed by atoms with Crippen LogP contribution in [0.3, 0.4) is 0 Å². The number of aromatic nitrogens is 4. The van der Waals surface area contributed by atoms with Gasteiger partial charge < -0.3 is 21.3 Å². The molecule has 6 N–H and O–H groups in total. The Morgan fingerprint density at radius 2 is 1.67 bits per heavy atom. The van der Waals surface area contributed by atoms with Gasteiger partial charge in [0.1, 0.15) is 5.78 Å². The molecule has 0 aliphatic carbocycles. The number of rotatable bonds is 8. The van der Waals surface area contributed by atoms with Crippen molar-refractivity contribution in [3.8, 4) is 0 Å². The van der Waals surface area contributed by atoms with Crippen molar-refractivity contribution in [2.45, 2.75) is 37.5 Å². The summed E-state index contributed by atoms with van der Waals surface area (Å²) in [7, 11) is 0. The second-order valence-corrected chi connectivity index (χ2v) is 11.3. The quantitative estimate of drug-likeness (QED) is 0.160. The Kier molecular flexibility index (Phi) is 7.11. The Bertz CT molecular complexity index is 1800. The van der Waals surface area contributed by atoms with Crippen molar-refractivity contribution in [3.63, 3.8) is 0 Å². The minimum Gasteiger partial charge on any atom is -0.399 e. The molecule has 6 rings (SSSR count). The van der Waals surface area contributed by atoms with Gasteiger partial charge in [-0.05, 0) is 35.2 Å². The van der Waals surface area contributed by atoms with Crippen LogP contribution in [-0.4, -0.2) is 43.1 Å². The van der Waals surface area contributed by atoms with Crippen LogP contribution in [0.2, 0.25) is 0 Å². The van der Waals surface area contributed by atoms with E-state index in [1.54, 1.807) is 10.6 Å². The normalized spacial score (nSPS) is 20.6. The van der Waals surface area contributed by atoms with E-state index in [-0.39, 0.29) is 41.8 Å².